The van der Waals surface area contributed by atoms with Gasteiger partial charge in [0.25, 0.3) is 0 Å². The first kappa shape index (κ1) is 29.7. The molecular formula is C37H34N2O7. The van der Waals surface area contributed by atoms with E-state index in [2.05, 4.69) is 11.1 Å². The summed E-state index contributed by atoms with van der Waals surface area (Å²) in [6.45, 7) is 1.99. The fourth-order valence-corrected chi connectivity index (χ4v) is 6.40. The predicted molar refractivity (Wildman–Crippen MR) is 171 cm³/mol. The summed E-state index contributed by atoms with van der Waals surface area (Å²) in [6.07, 6.45) is 4.21. The van der Waals surface area contributed by atoms with E-state index in [1.807, 2.05) is 97.9 Å². The van der Waals surface area contributed by atoms with Crippen molar-refractivity contribution in [1.29, 1.82) is 0 Å². The van der Waals surface area contributed by atoms with Gasteiger partial charge in [0.15, 0.2) is 11.3 Å². The van der Waals surface area contributed by atoms with Crippen LogP contribution in [0.4, 0.5) is 0 Å². The van der Waals surface area contributed by atoms with E-state index in [0.717, 1.165) is 33.0 Å². The molecule has 3 atom stereocenters. The molecule has 1 fully saturated rings. The highest BCUT2D eigenvalue weighted by Crippen LogP contribution is 2.38. The van der Waals surface area contributed by atoms with Crippen LogP contribution in [0.25, 0.3) is 27.9 Å². The number of allylic oxidation sites excluding steroid dienone is 1. The van der Waals surface area contributed by atoms with Gasteiger partial charge >= 0.3 is 5.97 Å². The average Bonchev–Trinajstić information content (AvgIpc) is 3.83. The van der Waals surface area contributed by atoms with Gasteiger partial charge in [0.1, 0.15) is 24.1 Å². The molecule has 0 bridgehead atoms. The molecule has 234 valence electrons. The van der Waals surface area contributed by atoms with Crippen molar-refractivity contribution in [3.8, 4) is 5.75 Å². The molecule has 0 saturated carbocycles. The van der Waals surface area contributed by atoms with Gasteiger partial charge in [-0.15, -0.1) is 0 Å². The van der Waals surface area contributed by atoms with E-state index in [9.17, 15) is 14.7 Å². The second-order valence-corrected chi connectivity index (χ2v) is 12.1. The number of oxazole rings is 1. The molecule has 0 radical (unpaired) electrons. The zero-order chi connectivity index (χ0) is 31.7. The summed E-state index contributed by atoms with van der Waals surface area (Å²) in [4.78, 5) is 43.8. The number of fused-ring (bicyclic) bond motifs is 3. The topological polar surface area (TPSA) is 111 Å². The van der Waals surface area contributed by atoms with E-state index in [4.69, 9.17) is 18.9 Å². The third-order valence-corrected chi connectivity index (χ3v) is 9.09. The first-order valence-electron chi connectivity index (χ1n) is 15.4. The van der Waals surface area contributed by atoms with Crippen molar-refractivity contribution in [2.75, 3.05) is 13.2 Å². The normalized spacial score (nSPS) is 18.9. The molecule has 9 nitrogen and oxygen atoms in total. The van der Waals surface area contributed by atoms with Gasteiger partial charge in [-0.3, -0.25) is 9.59 Å². The minimum atomic E-state index is -1.35. The lowest BCUT2D eigenvalue weighted by molar-refractivity contribution is -0.194. The molecule has 4 aromatic carbocycles. The van der Waals surface area contributed by atoms with Crippen molar-refractivity contribution < 1.29 is 33.6 Å². The number of esters is 1. The van der Waals surface area contributed by atoms with Crippen LogP contribution in [0.3, 0.4) is 0 Å². The van der Waals surface area contributed by atoms with Crippen LogP contribution in [-0.2, 0) is 32.4 Å². The number of hydrogen-bond donors (Lipinski definition) is 1. The molecule has 1 N–H and O–H groups in total. The molecule has 9 heteroatoms. The number of carbonyl (C=O) groups is 2. The lowest BCUT2D eigenvalue weighted by Gasteiger charge is -2.39. The summed E-state index contributed by atoms with van der Waals surface area (Å²) < 4.78 is 11.2. The summed E-state index contributed by atoms with van der Waals surface area (Å²) in [5.41, 5.74) is 2.96. The molecular weight excluding hydrogens is 584 g/mol. The number of para-hydroxylation sites is 2. The van der Waals surface area contributed by atoms with Crippen molar-refractivity contribution in [3.63, 3.8) is 0 Å². The van der Waals surface area contributed by atoms with Crippen LogP contribution in [-0.4, -0.2) is 46.1 Å². The van der Waals surface area contributed by atoms with Crippen LogP contribution < -0.4 is 4.89 Å². The largest absolute Gasteiger partial charge is 0.464 e. The van der Waals surface area contributed by atoms with Crippen molar-refractivity contribution in [2.45, 2.75) is 44.9 Å². The number of ether oxygens (including phenoxy) is 1. The second kappa shape index (κ2) is 12.4. The molecule has 7 rings (SSSR count). The fraction of sp³-hybridized carbons (Fsp3) is 0.270. The number of cyclic esters (lactones) is 1. The molecule has 0 spiro atoms. The molecule has 0 aliphatic carbocycles. The van der Waals surface area contributed by atoms with Gasteiger partial charge in [0.2, 0.25) is 11.8 Å². The van der Waals surface area contributed by atoms with Gasteiger partial charge in [-0.2, -0.15) is 4.89 Å². The SMILES string of the molecule is C[C@H]([C@H](C/C=C/c1nc2ccccc2o1)c1ccc2c(c1)OOC2)N(Cc1ccc2ccccc2c1)C(=O)[C@@]1(CO)COC(=O)C1. The predicted octanol–water partition coefficient (Wildman–Crippen LogP) is 6.34. The maximum Gasteiger partial charge on any atom is 0.307 e. The van der Waals surface area contributed by atoms with E-state index in [-0.39, 0.29) is 37.4 Å². The van der Waals surface area contributed by atoms with Gasteiger partial charge < -0.3 is 24.0 Å². The van der Waals surface area contributed by atoms with Crippen LogP contribution >= 0.6 is 0 Å². The lowest BCUT2D eigenvalue weighted by Crippen LogP contribution is -2.51. The Labute approximate surface area is 265 Å². The first-order valence-corrected chi connectivity index (χ1v) is 15.4. The average molecular weight is 619 g/mol. The molecule has 3 heterocycles. The fourth-order valence-electron chi connectivity index (χ4n) is 6.40. The van der Waals surface area contributed by atoms with Crippen LogP contribution in [0.1, 0.15) is 48.3 Å². The Balaban J connectivity index is 1.26. The molecule has 2 aliphatic heterocycles. The van der Waals surface area contributed by atoms with E-state index in [0.29, 0.717) is 30.3 Å². The van der Waals surface area contributed by atoms with Crippen LogP contribution in [0.5, 0.6) is 5.75 Å². The van der Waals surface area contributed by atoms with Crippen molar-refractivity contribution in [1.82, 2.24) is 9.88 Å². The summed E-state index contributed by atoms with van der Waals surface area (Å²) in [5, 5.41) is 12.7. The van der Waals surface area contributed by atoms with E-state index in [1.54, 1.807) is 4.90 Å². The Morgan fingerprint density at radius 2 is 1.87 bits per heavy atom. The molecule has 1 aromatic heterocycles. The van der Waals surface area contributed by atoms with Crippen LogP contribution in [0, 0.1) is 5.41 Å². The smallest absolute Gasteiger partial charge is 0.307 e. The van der Waals surface area contributed by atoms with Crippen molar-refractivity contribution in [2.24, 2.45) is 5.41 Å². The summed E-state index contributed by atoms with van der Waals surface area (Å²) >= 11 is 0. The van der Waals surface area contributed by atoms with Gasteiger partial charge in [-0.1, -0.05) is 66.7 Å². The summed E-state index contributed by atoms with van der Waals surface area (Å²) in [5.74, 6) is 0.104. The van der Waals surface area contributed by atoms with E-state index >= 15 is 0 Å². The zero-order valence-corrected chi connectivity index (χ0v) is 25.4. The van der Waals surface area contributed by atoms with Crippen LogP contribution in [0.2, 0.25) is 0 Å². The number of carbonyl (C=O) groups excluding carboxylic acids is 2. The van der Waals surface area contributed by atoms with Gasteiger partial charge in [-0.25, -0.2) is 4.98 Å². The van der Waals surface area contributed by atoms with Crippen LogP contribution in [0.15, 0.2) is 95.4 Å². The standard InChI is InChI=1S/C37H34N2O7/c1-24(39(36(42)37(22-40)19-35(41)43-23-37)20-25-13-14-26-7-2-3-8-27(26)17-25)30(28-15-16-29-21-44-46-33(29)18-28)9-6-12-34-38-31-10-4-5-11-32(31)45-34/h2-8,10-18,24,30,40H,9,19-23H2,1H3/b12-6+/t24-,30+,37+/m1/s1. The Morgan fingerprint density at radius 3 is 2.67 bits per heavy atom. The third kappa shape index (κ3) is 5.75. The minimum absolute atomic E-state index is 0.158. The van der Waals surface area contributed by atoms with Gasteiger partial charge in [0, 0.05) is 24.1 Å². The van der Waals surface area contributed by atoms with Crippen molar-refractivity contribution >= 4 is 39.8 Å². The third-order valence-electron chi connectivity index (χ3n) is 9.09. The number of hydrogen-bond acceptors (Lipinski definition) is 8. The number of aromatic nitrogens is 1. The zero-order valence-electron chi connectivity index (χ0n) is 25.4. The summed E-state index contributed by atoms with van der Waals surface area (Å²) in [6, 6.07) is 27.4. The Bertz CT molecular complexity index is 1920. The number of amides is 1. The lowest BCUT2D eigenvalue weighted by atomic mass is 9.82. The molecule has 5 aromatic rings. The number of benzene rings is 4. The number of rotatable bonds is 10. The van der Waals surface area contributed by atoms with Gasteiger partial charge in [-0.05, 0) is 65.6 Å². The van der Waals surface area contributed by atoms with E-state index in [1.165, 1.54) is 0 Å². The Hall–Kier alpha value is -4.99. The highest BCUT2D eigenvalue weighted by Gasteiger charge is 2.50. The van der Waals surface area contributed by atoms with Crippen molar-refractivity contribution in [3.05, 3.63) is 114 Å². The number of aliphatic hydroxyl groups excluding tert-OH is 1. The highest BCUT2D eigenvalue weighted by molar-refractivity contribution is 5.90. The molecule has 0 unspecified atom stereocenters. The first-order chi connectivity index (χ1) is 22.4. The molecule has 46 heavy (non-hydrogen) atoms. The number of nitrogens with zero attached hydrogens (tertiary/aromatic N) is 2. The monoisotopic (exact) mass is 618 g/mol. The summed E-state index contributed by atoms with van der Waals surface area (Å²) in [7, 11) is 0. The Morgan fingerprint density at radius 1 is 1.04 bits per heavy atom. The van der Waals surface area contributed by atoms with Gasteiger partial charge in [0.05, 0.1) is 13.0 Å². The maximum absolute atomic E-state index is 14.5. The second-order valence-electron chi connectivity index (χ2n) is 12.1. The molecule has 2 aliphatic rings. The quantitative estimate of drug-likeness (QED) is 0.143. The number of aliphatic hydroxyl groups is 1. The maximum atomic E-state index is 14.5. The Kier molecular flexibility index (Phi) is 8.02. The van der Waals surface area contributed by atoms with E-state index < -0.39 is 18.0 Å². The minimum Gasteiger partial charge on any atom is -0.464 e. The highest BCUT2D eigenvalue weighted by atomic mass is 17.2. The molecule has 1 amide bonds. The molecule has 1 saturated heterocycles.